The summed E-state index contributed by atoms with van der Waals surface area (Å²) in [7, 11) is 0. The summed E-state index contributed by atoms with van der Waals surface area (Å²) in [5.74, 6) is -1.08. The number of carbonyl (C=O) groups is 1. The van der Waals surface area contributed by atoms with Gasteiger partial charge in [0.15, 0.2) is 0 Å². The molecule has 0 atom stereocenters. The number of halogens is 4. The van der Waals surface area contributed by atoms with E-state index in [0.717, 1.165) is 23.4 Å². The molecule has 1 aromatic carbocycles. The quantitative estimate of drug-likeness (QED) is 0.760. The molecule has 2 N–H and O–H groups in total. The van der Waals surface area contributed by atoms with Crippen LogP contribution in [0.5, 0.6) is 0 Å². The number of pyridine rings is 1. The van der Waals surface area contributed by atoms with Gasteiger partial charge in [0, 0.05) is 48.2 Å². The Morgan fingerprint density at radius 3 is 2.64 bits per heavy atom. The van der Waals surface area contributed by atoms with Crippen LogP contribution in [-0.2, 0) is 17.4 Å². The summed E-state index contributed by atoms with van der Waals surface area (Å²) in [6, 6.07) is 4.18. The Bertz CT molecular complexity index is 951. The highest BCUT2D eigenvalue weighted by atomic mass is 19.4. The van der Waals surface area contributed by atoms with Gasteiger partial charge in [0.2, 0.25) is 5.91 Å². The number of amides is 1. The molecule has 0 bridgehead atoms. The number of carbonyl (C=O) groups excluding carboxylic acids is 1. The summed E-state index contributed by atoms with van der Waals surface area (Å²) in [6.07, 6.45) is -2.32. The molecule has 0 saturated carbocycles. The molecule has 0 radical (unpaired) electrons. The fourth-order valence-electron chi connectivity index (χ4n) is 3.00. The maximum atomic E-state index is 13.6. The first-order valence-corrected chi connectivity index (χ1v) is 8.70. The second-order valence-electron chi connectivity index (χ2n) is 6.75. The Morgan fingerprint density at radius 2 is 1.93 bits per heavy atom. The molecule has 4 nitrogen and oxygen atoms in total. The summed E-state index contributed by atoms with van der Waals surface area (Å²) in [6.45, 7) is 4.08. The van der Waals surface area contributed by atoms with Crippen LogP contribution in [0.25, 0.3) is 0 Å². The zero-order valence-corrected chi connectivity index (χ0v) is 15.4. The van der Waals surface area contributed by atoms with Gasteiger partial charge in [-0.25, -0.2) is 4.39 Å². The van der Waals surface area contributed by atoms with E-state index in [1.165, 1.54) is 0 Å². The minimum absolute atomic E-state index is 0.0499. The van der Waals surface area contributed by atoms with E-state index in [4.69, 9.17) is 0 Å². The maximum absolute atomic E-state index is 13.6. The molecule has 28 heavy (non-hydrogen) atoms. The third kappa shape index (κ3) is 4.49. The zero-order valence-electron chi connectivity index (χ0n) is 15.4. The Labute approximate surface area is 159 Å². The number of hydrogen-bond acceptors (Lipinski definition) is 3. The lowest BCUT2D eigenvalue weighted by Crippen LogP contribution is -2.32. The van der Waals surface area contributed by atoms with Crippen molar-refractivity contribution in [2.45, 2.75) is 32.9 Å². The molecule has 0 aliphatic carbocycles. The highest BCUT2D eigenvalue weighted by Gasteiger charge is 2.31. The number of benzene rings is 1. The van der Waals surface area contributed by atoms with Crippen LogP contribution in [0, 0.1) is 12.7 Å². The van der Waals surface area contributed by atoms with Crippen LogP contribution in [0.15, 0.2) is 41.7 Å². The molecule has 2 heterocycles. The van der Waals surface area contributed by atoms with Crippen LogP contribution < -0.4 is 10.6 Å². The van der Waals surface area contributed by atoms with Gasteiger partial charge in [0.05, 0.1) is 5.56 Å². The Balaban J connectivity index is 1.87. The van der Waals surface area contributed by atoms with E-state index >= 15 is 0 Å². The molecule has 1 amide bonds. The number of rotatable bonds is 4. The van der Waals surface area contributed by atoms with Gasteiger partial charge in [0.25, 0.3) is 0 Å². The predicted molar refractivity (Wildman–Crippen MR) is 97.1 cm³/mol. The molecule has 0 unspecified atom stereocenters. The van der Waals surface area contributed by atoms with E-state index in [0.29, 0.717) is 36.0 Å². The first kappa shape index (κ1) is 19.9. The van der Waals surface area contributed by atoms with Crippen molar-refractivity contribution in [3.63, 3.8) is 0 Å². The van der Waals surface area contributed by atoms with Gasteiger partial charge < -0.3 is 10.6 Å². The zero-order chi connectivity index (χ0) is 20.5. The van der Waals surface area contributed by atoms with Gasteiger partial charge in [-0.15, -0.1) is 0 Å². The number of hydrogen-bond donors (Lipinski definition) is 2. The van der Waals surface area contributed by atoms with E-state index in [1.807, 2.05) is 6.92 Å². The molecule has 0 fully saturated rings. The second kappa shape index (κ2) is 7.61. The molecule has 2 aromatic rings. The van der Waals surface area contributed by atoms with Crippen molar-refractivity contribution in [3.05, 3.63) is 69.9 Å². The largest absolute Gasteiger partial charge is 0.416 e. The van der Waals surface area contributed by atoms with Crippen molar-refractivity contribution in [2.75, 3.05) is 11.9 Å². The van der Waals surface area contributed by atoms with Crippen molar-refractivity contribution < 1.29 is 22.4 Å². The van der Waals surface area contributed by atoms with E-state index in [-0.39, 0.29) is 17.9 Å². The highest BCUT2D eigenvalue weighted by molar-refractivity contribution is 5.95. The normalized spacial score (nSPS) is 14.9. The monoisotopic (exact) mass is 393 g/mol. The van der Waals surface area contributed by atoms with Gasteiger partial charge in [-0.1, -0.05) is 0 Å². The third-order valence-corrected chi connectivity index (χ3v) is 4.57. The lowest BCUT2D eigenvalue weighted by atomic mass is 10.0. The van der Waals surface area contributed by atoms with Crippen molar-refractivity contribution in [1.82, 2.24) is 10.3 Å². The van der Waals surface area contributed by atoms with E-state index in [1.54, 1.807) is 19.2 Å². The number of nitrogens with one attached hydrogen (secondary N) is 2. The van der Waals surface area contributed by atoms with E-state index < -0.39 is 17.6 Å². The smallest absolute Gasteiger partial charge is 0.358 e. The number of aromatic nitrogens is 1. The fourth-order valence-corrected chi connectivity index (χ4v) is 3.00. The lowest BCUT2D eigenvalue weighted by molar-refractivity contribution is -0.137. The van der Waals surface area contributed by atoms with Gasteiger partial charge in [-0.2, -0.15) is 13.2 Å². The van der Waals surface area contributed by atoms with Crippen molar-refractivity contribution in [1.29, 1.82) is 0 Å². The molecule has 148 valence electrons. The Hall–Kier alpha value is -2.90. The average molecular weight is 393 g/mol. The van der Waals surface area contributed by atoms with Crippen molar-refractivity contribution in [3.8, 4) is 0 Å². The highest BCUT2D eigenvalue weighted by Crippen LogP contribution is 2.31. The molecule has 1 aliphatic heterocycles. The van der Waals surface area contributed by atoms with Crippen LogP contribution in [0.2, 0.25) is 0 Å². The molecule has 1 aliphatic rings. The van der Waals surface area contributed by atoms with Gasteiger partial charge in [-0.3, -0.25) is 9.78 Å². The summed E-state index contributed by atoms with van der Waals surface area (Å²) in [5, 5.41) is 5.98. The van der Waals surface area contributed by atoms with E-state index in [2.05, 4.69) is 15.6 Å². The number of aryl methyl sites for hydroxylation is 1. The minimum atomic E-state index is -4.62. The lowest BCUT2D eigenvalue weighted by Gasteiger charge is -2.21. The number of alkyl halides is 3. The Morgan fingerprint density at radius 1 is 1.18 bits per heavy atom. The summed E-state index contributed by atoms with van der Waals surface area (Å²) < 4.78 is 52.3. The van der Waals surface area contributed by atoms with Crippen LogP contribution in [0.4, 0.5) is 23.2 Å². The van der Waals surface area contributed by atoms with Crippen LogP contribution in [0.1, 0.15) is 35.7 Å². The average Bonchev–Trinajstić information content (AvgIpc) is 2.60. The second-order valence-corrected chi connectivity index (χ2v) is 6.75. The van der Waals surface area contributed by atoms with Gasteiger partial charge >= 0.3 is 6.18 Å². The molecule has 1 aromatic heterocycles. The molecular formula is C20H19F4N3O. The Kier molecular flexibility index (Phi) is 5.40. The number of anilines is 1. The topological polar surface area (TPSA) is 54.0 Å². The van der Waals surface area contributed by atoms with Crippen molar-refractivity contribution in [2.24, 2.45) is 0 Å². The molecular weight excluding hydrogens is 374 g/mol. The molecule has 3 rings (SSSR count). The summed E-state index contributed by atoms with van der Waals surface area (Å²) >= 11 is 0. The van der Waals surface area contributed by atoms with Crippen LogP contribution in [-0.4, -0.2) is 17.4 Å². The number of nitrogens with zero attached hydrogens (tertiary/aromatic N) is 1. The summed E-state index contributed by atoms with van der Waals surface area (Å²) in [4.78, 5) is 16.0. The standard InChI is InChI=1S/C20H19F4N3O/c1-11-10-26-16(7-13-5-14(20(22,23)24)8-15(21)6-13)9-18(11)27-17-3-4-25-19(28)12(17)2/h5-6,8-10H,3-4,7H2,1-2H3,(H,25,28)(H,26,27). The van der Waals surface area contributed by atoms with Crippen LogP contribution in [0.3, 0.4) is 0 Å². The SMILES string of the molecule is CC1=C(Nc2cc(Cc3cc(F)cc(C(F)(F)F)c3)ncc2C)CCNC1=O. The van der Waals surface area contributed by atoms with Gasteiger partial charge in [-0.05, 0) is 49.2 Å². The van der Waals surface area contributed by atoms with Crippen molar-refractivity contribution >= 4 is 11.6 Å². The molecule has 0 saturated heterocycles. The molecule has 0 spiro atoms. The third-order valence-electron chi connectivity index (χ3n) is 4.57. The van der Waals surface area contributed by atoms with Crippen LogP contribution >= 0.6 is 0 Å². The first-order chi connectivity index (χ1) is 13.1. The summed E-state index contributed by atoms with van der Waals surface area (Å²) in [5.41, 5.74) is 2.55. The maximum Gasteiger partial charge on any atom is 0.416 e. The minimum Gasteiger partial charge on any atom is -0.358 e. The molecule has 8 heteroatoms. The van der Waals surface area contributed by atoms with E-state index in [9.17, 15) is 22.4 Å². The first-order valence-electron chi connectivity index (χ1n) is 8.70. The fraction of sp³-hybridized carbons (Fsp3) is 0.300. The van der Waals surface area contributed by atoms with Gasteiger partial charge in [0.1, 0.15) is 5.82 Å². The predicted octanol–water partition coefficient (Wildman–Crippen LogP) is 4.34.